The van der Waals surface area contributed by atoms with E-state index in [-0.39, 0.29) is 11.9 Å². The van der Waals surface area contributed by atoms with Gasteiger partial charge in [-0.25, -0.2) is 0 Å². The van der Waals surface area contributed by atoms with E-state index in [9.17, 15) is 4.79 Å². The van der Waals surface area contributed by atoms with Gasteiger partial charge in [0.2, 0.25) is 5.91 Å². The number of benzene rings is 1. The van der Waals surface area contributed by atoms with Crippen molar-refractivity contribution in [3.8, 4) is 11.5 Å². The summed E-state index contributed by atoms with van der Waals surface area (Å²) in [5.74, 6) is 1.25. The topological polar surface area (TPSA) is 76.8 Å². The minimum absolute atomic E-state index is 0.0409. The molecule has 0 spiro atoms. The molecule has 1 aromatic carbocycles. The van der Waals surface area contributed by atoms with Gasteiger partial charge in [-0.3, -0.25) is 9.69 Å². The summed E-state index contributed by atoms with van der Waals surface area (Å²) in [6.07, 6.45) is 1.89. The first-order chi connectivity index (χ1) is 10.1. The van der Waals surface area contributed by atoms with Gasteiger partial charge in [0.1, 0.15) is 11.5 Å². The number of anilines is 1. The van der Waals surface area contributed by atoms with Crippen LogP contribution in [0.3, 0.4) is 0 Å². The Kier molecular flexibility index (Phi) is 5.41. The number of hydrogen-bond acceptors (Lipinski definition) is 5. The molecule has 0 aromatic heterocycles. The van der Waals surface area contributed by atoms with Crippen LogP contribution < -0.4 is 20.5 Å². The summed E-state index contributed by atoms with van der Waals surface area (Å²) >= 11 is 0. The Morgan fingerprint density at radius 1 is 1.24 bits per heavy atom. The second kappa shape index (κ2) is 7.28. The average molecular weight is 293 g/mol. The Balaban J connectivity index is 1.93. The van der Waals surface area contributed by atoms with Crippen LogP contribution in [0.2, 0.25) is 0 Å². The van der Waals surface area contributed by atoms with Crippen molar-refractivity contribution in [2.24, 2.45) is 5.73 Å². The van der Waals surface area contributed by atoms with Crippen molar-refractivity contribution in [3.63, 3.8) is 0 Å². The Hall–Kier alpha value is -1.79. The first-order valence-corrected chi connectivity index (χ1v) is 7.11. The molecule has 6 heteroatoms. The van der Waals surface area contributed by atoms with Crippen LogP contribution in [0.15, 0.2) is 18.2 Å². The van der Waals surface area contributed by atoms with Crippen LogP contribution in [-0.2, 0) is 4.79 Å². The second-order valence-corrected chi connectivity index (χ2v) is 5.26. The predicted octanol–water partition coefficient (Wildman–Crippen LogP) is 1.07. The van der Waals surface area contributed by atoms with E-state index in [1.54, 1.807) is 32.4 Å². The maximum Gasteiger partial charge on any atom is 0.238 e. The largest absolute Gasteiger partial charge is 0.497 e. The summed E-state index contributed by atoms with van der Waals surface area (Å²) in [4.78, 5) is 14.2. The lowest BCUT2D eigenvalue weighted by Crippen LogP contribution is -2.43. The normalized spacial score (nSPS) is 16.5. The van der Waals surface area contributed by atoms with Crippen LogP contribution in [0.5, 0.6) is 11.5 Å². The maximum absolute atomic E-state index is 12.1. The summed E-state index contributed by atoms with van der Waals surface area (Å²) < 4.78 is 10.4. The van der Waals surface area contributed by atoms with Gasteiger partial charge in [0.15, 0.2) is 0 Å². The van der Waals surface area contributed by atoms with E-state index in [0.29, 0.717) is 23.7 Å². The number of carbonyl (C=O) groups excluding carboxylic acids is 1. The Morgan fingerprint density at radius 3 is 2.33 bits per heavy atom. The molecule has 6 nitrogen and oxygen atoms in total. The molecule has 21 heavy (non-hydrogen) atoms. The number of likely N-dealkylation sites (tertiary alicyclic amines) is 1. The predicted molar refractivity (Wildman–Crippen MR) is 81.8 cm³/mol. The van der Waals surface area contributed by atoms with Crippen LogP contribution in [0.4, 0.5) is 5.69 Å². The zero-order valence-electron chi connectivity index (χ0n) is 12.6. The van der Waals surface area contributed by atoms with E-state index in [2.05, 4.69) is 10.2 Å². The number of nitrogens with one attached hydrogen (secondary N) is 1. The van der Waals surface area contributed by atoms with Crippen molar-refractivity contribution in [2.45, 2.75) is 18.9 Å². The quantitative estimate of drug-likeness (QED) is 0.849. The molecule has 3 N–H and O–H groups in total. The fourth-order valence-electron chi connectivity index (χ4n) is 2.39. The third-order valence-corrected chi connectivity index (χ3v) is 3.63. The molecule has 2 rings (SSSR count). The fraction of sp³-hybridized carbons (Fsp3) is 0.533. The molecule has 1 heterocycles. The summed E-state index contributed by atoms with van der Waals surface area (Å²) in [5, 5.41) is 2.88. The maximum atomic E-state index is 12.1. The van der Waals surface area contributed by atoms with E-state index in [4.69, 9.17) is 15.2 Å². The second-order valence-electron chi connectivity index (χ2n) is 5.26. The molecule has 0 aliphatic carbocycles. The number of amides is 1. The lowest BCUT2D eigenvalue weighted by atomic mass is 10.1. The molecule has 1 amide bonds. The van der Waals surface area contributed by atoms with Gasteiger partial charge >= 0.3 is 0 Å². The summed E-state index contributed by atoms with van der Waals surface area (Å²) in [6.45, 7) is 2.12. The van der Waals surface area contributed by atoms with E-state index in [1.807, 2.05) is 0 Å². The number of nitrogens with zero attached hydrogens (tertiary/aromatic N) is 1. The zero-order chi connectivity index (χ0) is 15.2. The van der Waals surface area contributed by atoms with Gasteiger partial charge in [0.05, 0.1) is 20.8 Å². The SMILES string of the molecule is COc1cc(NC(=O)CN2CCC(N)CC2)cc(OC)c1. The molecule has 0 radical (unpaired) electrons. The van der Waals surface area contributed by atoms with E-state index in [0.717, 1.165) is 25.9 Å². The van der Waals surface area contributed by atoms with Gasteiger partial charge in [-0.15, -0.1) is 0 Å². The third kappa shape index (κ3) is 4.61. The number of piperidine rings is 1. The zero-order valence-corrected chi connectivity index (χ0v) is 12.6. The Bertz CT molecular complexity index is 463. The summed E-state index contributed by atoms with van der Waals surface area (Å²) in [7, 11) is 3.16. The smallest absolute Gasteiger partial charge is 0.238 e. The molecule has 0 unspecified atom stereocenters. The molecule has 1 aromatic rings. The molecule has 1 aliphatic rings. The van der Waals surface area contributed by atoms with Crippen molar-refractivity contribution < 1.29 is 14.3 Å². The number of ether oxygens (including phenoxy) is 2. The minimum Gasteiger partial charge on any atom is -0.497 e. The van der Waals surface area contributed by atoms with Gasteiger partial charge in [-0.05, 0) is 12.8 Å². The van der Waals surface area contributed by atoms with Crippen LogP contribution >= 0.6 is 0 Å². The van der Waals surface area contributed by atoms with Gasteiger partial charge in [-0.1, -0.05) is 0 Å². The molecule has 0 bridgehead atoms. The van der Waals surface area contributed by atoms with Gasteiger partial charge in [0, 0.05) is 43.0 Å². The molecule has 1 fully saturated rings. The minimum atomic E-state index is -0.0409. The molecule has 1 aliphatic heterocycles. The van der Waals surface area contributed by atoms with Crippen molar-refractivity contribution >= 4 is 11.6 Å². The molecule has 0 atom stereocenters. The van der Waals surface area contributed by atoms with E-state index in [1.165, 1.54) is 0 Å². The Labute approximate surface area is 125 Å². The lowest BCUT2D eigenvalue weighted by molar-refractivity contribution is -0.117. The highest BCUT2D eigenvalue weighted by atomic mass is 16.5. The van der Waals surface area contributed by atoms with Gasteiger partial charge in [-0.2, -0.15) is 0 Å². The standard InChI is InChI=1S/C15H23N3O3/c1-20-13-7-12(8-14(9-13)21-2)17-15(19)10-18-5-3-11(16)4-6-18/h7-9,11H,3-6,10,16H2,1-2H3,(H,17,19). The van der Waals surface area contributed by atoms with E-state index >= 15 is 0 Å². The Morgan fingerprint density at radius 2 is 1.81 bits per heavy atom. The molecule has 1 saturated heterocycles. The van der Waals surface area contributed by atoms with Crippen LogP contribution in [0, 0.1) is 0 Å². The molecule has 116 valence electrons. The van der Waals surface area contributed by atoms with Crippen molar-refractivity contribution in [2.75, 3.05) is 39.2 Å². The number of carbonyl (C=O) groups is 1. The van der Waals surface area contributed by atoms with Crippen LogP contribution in [0.25, 0.3) is 0 Å². The third-order valence-electron chi connectivity index (χ3n) is 3.63. The monoisotopic (exact) mass is 293 g/mol. The van der Waals surface area contributed by atoms with Crippen molar-refractivity contribution in [1.82, 2.24) is 4.90 Å². The molecular weight excluding hydrogens is 270 g/mol. The summed E-state index contributed by atoms with van der Waals surface area (Å²) in [5.41, 5.74) is 6.53. The van der Waals surface area contributed by atoms with Crippen molar-refractivity contribution in [1.29, 1.82) is 0 Å². The summed E-state index contributed by atoms with van der Waals surface area (Å²) in [6, 6.07) is 5.58. The molecule has 0 saturated carbocycles. The number of hydrogen-bond donors (Lipinski definition) is 2. The first-order valence-electron chi connectivity index (χ1n) is 7.11. The highest BCUT2D eigenvalue weighted by Crippen LogP contribution is 2.25. The van der Waals surface area contributed by atoms with Gasteiger partial charge < -0.3 is 20.5 Å². The number of nitrogens with two attached hydrogens (primary N) is 1. The highest BCUT2D eigenvalue weighted by Gasteiger charge is 2.18. The highest BCUT2D eigenvalue weighted by molar-refractivity contribution is 5.92. The van der Waals surface area contributed by atoms with Crippen molar-refractivity contribution in [3.05, 3.63) is 18.2 Å². The van der Waals surface area contributed by atoms with Crippen LogP contribution in [0.1, 0.15) is 12.8 Å². The first kappa shape index (κ1) is 15.6. The fourth-order valence-corrected chi connectivity index (χ4v) is 2.39. The average Bonchev–Trinajstić information content (AvgIpc) is 2.49. The lowest BCUT2D eigenvalue weighted by Gasteiger charge is -2.29. The number of rotatable bonds is 5. The number of methoxy groups -OCH3 is 2. The molecular formula is C15H23N3O3. The van der Waals surface area contributed by atoms with Crippen LogP contribution in [-0.4, -0.2) is 50.7 Å². The van der Waals surface area contributed by atoms with E-state index < -0.39 is 0 Å². The van der Waals surface area contributed by atoms with Gasteiger partial charge in [0.25, 0.3) is 0 Å².